The number of anilines is 1. The molecular weight excluding hydrogens is 194 g/mol. The van der Waals surface area contributed by atoms with Crippen molar-refractivity contribution in [3.05, 3.63) is 18.5 Å². The van der Waals surface area contributed by atoms with Gasteiger partial charge >= 0.3 is 0 Å². The molecule has 0 amide bonds. The van der Waals surface area contributed by atoms with E-state index in [1.165, 1.54) is 5.75 Å². The van der Waals surface area contributed by atoms with Crippen molar-refractivity contribution in [2.75, 3.05) is 17.2 Å². The number of aromatic nitrogens is 2. The van der Waals surface area contributed by atoms with E-state index in [0.717, 1.165) is 12.5 Å². The number of hydrogen-bond acceptors (Lipinski definition) is 4. The maximum Gasteiger partial charge on any atom is 0.225 e. The van der Waals surface area contributed by atoms with Gasteiger partial charge in [-0.15, -0.1) is 0 Å². The van der Waals surface area contributed by atoms with Crippen LogP contribution in [0.4, 0.5) is 5.95 Å². The largest absolute Gasteiger partial charge is 0.336 e. The highest BCUT2D eigenvalue weighted by atomic mass is 32.2. The van der Waals surface area contributed by atoms with Crippen LogP contribution in [0.5, 0.6) is 0 Å². The molecule has 1 aromatic heterocycles. The Kier molecular flexibility index (Phi) is 2.91. The van der Waals surface area contributed by atoms with Gasteiger partial charge in [0.05, 0.1) is 0 Å². The molecule has 0 spiro atoms. The van der Waals surface area contributed by atoms with E-state index in [1.54, 1.807) is 0 Å². The van der Waals surface area contributed by atoms with Crippen LogP contribution in [0.25, 0.3) is 0 Å². The lowest BCUT2D eigenvalue weighted by atomic mass is 10.2. The molecule has 2 atom stereocenters. The van der Waals surface area contributed by atoms with Crippen molar-refractivity contribution in [2.24, 2.45) is 0 Å². The van der Waals surface area contributed by atoms with Crippen LogP contribution < -0.4 is 4.90 Å². The highest BCUT2D eigenvalue weighted by Crippen LogP contribution is 2.26. The molecule has 0 bridgehead atoms. The highest BCUT2D eigenvalue weighted by molar-refractivity contribution is 8.00. The maximum absolute atomic E-state index is 4.29. The first-order valence-corrected chi connectivity index (χ1v) is 5.99. The fourth-order valence-corrected chi connectivity index (χ4v) is 2.75. The summed E-state index contributed by atoms with van der Waals surface area (Å²) in [4.78, 5) is 10.9. The third kappa shape index (κ3) is 1.85. The average Bonchev–Trinajstić information content (AvgIpc) is 2.23. The van der Waals surface area contributed by atoms with E-state index in [9.17, 15) is 0 Å². The highest BCUT2D eigenvalue weighted by Gasteiger charge is 2.26. The van der Waals surface area contributed by atoms with Crippen LogP contribution in [0, 0.1) is 0 Å². The lowest BCUT2D eigenvalue weighted by Crippen LogP contribution is -2.45. The van der Waals surface area contributed by atoms with Gasteiger partial charge in [0.1, 0.15) is 0 Å². The van der Waals surface area contributed by atoms with Gasteiger partial charge in [0.2, 0.25) is 5.95 Å². The molecule has 14 heavy (non-hydrogen) atoms. The lowest BCUT2D eigenvalue weighted by Gasteiger charge is -2.37. The minimum atomic E-state index is 0.524. The molecule has 1 aliphatic rings. The molecule has 1 aliphatic heterocycles. The monoisotopic (exact) mass is 209 g/mol. The molecule has 1 saturated heterocycles. The Morgan fingerprint density at radius 3 is 2.79 bits per heavy atom. The molecule has 0 saturated carbocycles. The maximum atomic E-state index is 4.29. The third-order valence-electron chi connectivity index (χ3n) is 2.69. The van der Waals surface area contributed by atoms with E-state index in [2.05, 4.69) is 28.7 Å². The van der Waals surface area contributed by atoms with E-state index < -0.39 is 0 Å². The van der Waals surface area contributed by atoms with E-state index in [-0.39, 0.29) is 0 Å². The van der Waals surface area contributed by atoms with E-state index in [0.29, 0.717) is 11.3 Å². The Morgan fingerprint density at radius 2 is 2.07 bits per heavy atom. The molecule has 0 radical (unpaired) electrons. The molecule has 2 heterocycles. The summed E-state index contributed by atoms with van der Waals surface area (Å²) in [6.45, 7) is 5.57. The second-order valence-corrected chi connectivity index (χ2v) is 5.04. The second kappa shape index (κ2) is 4.17. The van der Waals surface area contributed by atoms with Crippen LogP contribution in [-0.4, -0.2) is 33.6 Å². The quantitative estimate of drug-likeness (QED) is 0.705. The van der Waals surface area contributed by atoms with Gasteiger partial charge in [-0.05, 0) is 13.0 Å². The van der Waals surface area contributed by atoms with Crippen LogP contribution >= 0.6 is 11.8 Å². The Bertz CT molecular complexity index is 291. The van der Waals surface area contributed by atoms with Crippen LogP contribution in [0.15, 0.2) is 18.5 Å². The number of hydrogen-bond donors (Lipinski definition) is 0. The molecule has 2 rings (SSSR count). The molecule has 1 aromatic rings. The van der Waals surface area contributed by atoms with Crippen LogP contribution in [0.2, 0.25) is 0 Å². The zero-order valence-electron chi connectivity index (χ0n) is 8.55. The van der Waals surface area contributed by atoms with Gasteiger partial charge in [-0.2, -0.15) is 11.8 Å². The van der Waals surface area contributed by atoms with Crippen molar-refractivity contribution in [3.8, 4) is 0 Å². The summed E-state index contributed by atoms with van der Waals surface area (Å²) in [6.07, 6.45) is 3.61. The standard InChI is InChI=1S/C10H15N3S/c1-8-9(2)14-7-6-13(8)10-11-4-3-5-12-10/h3-5,8-9H,6-7H2,1-2H3. The molecule has 2 unspecified atom stereocenters. The topological polar surface area (TPSA) is 29.0 Å². The smallest absolute Gasteiger partial charge is 0.225 e. The number of nitrogens with zero attached hydrogens (tertiary/aromatic N) is 3. The molecule has 0 aromatic carbocycles. The third-order valence-corrected chi connectivity index (χ3v) is 4.03. The van der Waals surface area contributed by atoms with E-state index >= 15 is 0 Å². The first-order valence-electron chi connectivity index (χ1n) is 4.94. The van der Waals surface area contributed by atoms with Gasteiger partial charge < -0.3 is 4.90 Å². The van der Waals surface area contributed by atoms with Crippen molar-refractivity contribution >= 4 is 17.7 Å². The molecule has 4 heteroatoms. The summed E-state index contributed by atoms with van der Waals surface area (Å²) < 4.78 is 0. The zero-order valence-corrected chi connectivity index (χ0v) is 9.37. The summed E-state index contributed by atoms with van der Waals surface area (Å²) in [5.41, 5.74) is 0. The van der Waals surface area contributed by atoms with Gasteiger partial charge in [0.15, 0.2) is 0 Å². The SMILES string of the molecule is CC1SCCN(c2ncccn2)C1C. The predicted molar refractivity (Wildman–Crippen MR) is 60.8 cm³/mol. The predicted octanol–water partition coefficient (Wildman–Crippen LogP) is 1.81. The summed E-state index contributed by atoms with van der Waals surface area (Å²) in [6, 6.07) is 2.38. The van der Waals surface area contributed by atoms with Gasteiger partial charge in [0.25, 0.3) is 0 Å². The van der Waals surface area contributed by atoms with Crippen molar-refractivity contribution < 1.29 is 0 Å². The fourth-order valence-electron chi connectivity index (χ4n) is 1.65. The normalized spacial score (nSPS) is 27.7. The summed E-state index contributed by atoms with van der Waals surface area (Å²) in [5.74, 6) is 2.04. The molecule has 3 nitrogen and oxygen atoms in total. The van der Waals surface area contributed by atoms with Gasteiger partial charge in [-0.1, -0.05) is 6.92 Å². The van der Waals surface area contributed by atoms with Crippen LogP contribution in [0.1, 0.15) is 13.8 Å². The van der Waals surface area contributed by atoms with Crippen molar-refractivity contribution in [1.29, 1.82) is 0 Å². The van der Waals surface area contributed by atoms with Gasteiger partial charge in [-0.25, -0.2) is 9.97 Å². The Morgan fingerprint density at radius 1 is 1.36 bits per heavy atom. The first-order chi connectivity index (χ1) is 6.79. The van der Waals surface area contributed by atoms with E-state index in [1.807, 2.05) is 30.2 Å². The zero-order chi connectivity index (χ0) is 9.97. The van der Waals surface area contributed by atoms with Crippen molar-refractivity contribution in [3.63, 3.8) is 0 Å². The second-order valence-electron chi connectivity index (χ2n) is 3.56. The number of thioether (sulfide) groups is 1. The van der Waals surface area contributed by atoms with Crippen molar-refractivity contribution in [1.82, 2.24) is 9.97 Å². The van der Waals surface area contributed by atoms with Gasteiger partial charge in [0, 0.05) is 36.0 Å². The Labute approximate surface area is 88.9 Å². The molecule has 1 fully saturated rings. The minimum Gasteiger partial charge on any atom is -0.336 e. The van der Waals surface area contributed by atoms with Crippen LogP contribution in [0.3, 0.4) is 0 Å². The number of rotatable bonds is 1. The molecule has 0 aliphatic carbocycles. The van der Waals surface area contributed by atoms with E-state index in [4.69, 9.17) is 0 Å². The lowest BCUT2D eigenvalue weighted by molar-refractivity contribution is 0.612. The summed E-state index contributed by atoms with van der Waals surface area (Å²) in [7, 11) is 0. The average molecular weight is 209 g/mol. The minimum absolute atomic E-state index is 0.524. The molecule has 76 valence electrons. The fraction of sp³-hybridized carbons (Fsp3) is 0.600. The first kappa shape index (κ1) is 9.77. The van der Waals surface area contributed by atoms with Gasteiger partial charge in [-0.3, -0.25) is 0 Å². The Balaban J connectivity index is 2.17. The Hall–Kier alpha value is -0.770. The molecule has 0 N–H and O–H groups in total. The summed E-state index contributed by atoms with van der Waals surface area (Å²) >= 11 is 2.03. The van der Waals surface area contributed by atoms with Crippen LogP contribution in [-0.2, 0) is 0 Å². The molecular formula is C10H15N3S. The summed E-state index contributed by atoms with van der Waals surface area (Å²) in [5, 5.41) is 0.660. The van der Waals surface area contributed by atoms with Crippen molar-refractivity contribution in [2.45, 2.75) is 25.1 Å².